The van der Waals surface area contributed by atoms with Crippen molar-refractivity contribution in [2.45, 2.75) is 0 Å². The first-order valence-electron chi connectivity index (χ1n) is 7.87. The number of benzene rings is 2. The van der Waals surface area contributed by atoms with Crippen LogP contribution in [0.3, 0.4) is 0 Å². The normalized spacial score (nSPS) is 9.92. The van der Waals surface area contributed by atoms with E-state index in [-0.39, 0.29) is 17.1 Å². The fourth-order valence-corrected chi connectivity index (χ4v) is 2.25. The van der Waals surface area contributed by atoms with Crippen LogP contribution < -0.4 is 0 Å². The fourth-order valence-electron chi connectivity index (χ4n) is 2.25. The molecule has 0 spiro atoms. The van der Waals surface area contributed by atoms with Crippen LogP contribution in [0.5, 0.6) is 0 Å². The van der Waals surface area contributed by atoms with Crippen molar-refractivity contribution < 1.29 is 17.1 Å². The van der Waals surface area contributed by atoms with E-state index in [0.29, 0.717) is 0 Å². The maximum Gasteiger partial charge on any atom is 2.00 e. The maximum atomic E-state index is 4.27. The zero-order chi connectivity index (χ0) is 16.5. The van der Waals surface area contributed by atoms with Gasteiger partial charge in [-0.05, 0) is 18.2 Å². The molecule has 0 amide bonds. The van der Waals surface area contributed by atoms with Crippen molar-refractivity contribution in [1.29, 1.82) is 0 Å². The first-order valence-corrected chi connectivity index (χ1v) is 7.87. The number of hydrogen-bond acceptors (Lipinski definition) is 2. The third-order valence-electron chi connectivity index (χ3n) is 3.43. The van der Waals surface area contributed by atoms with E-state index in [9.17, 15) is 0 Å². The van der Waals surface area contributed by atoms with Crippen LogP contribution in [0.1, 0.15) is 0 Å². The predicted molar refractivity (Wildman–Crippen MR) is 100 cm³/mol. The number of rotatable bonds is 3. The Morgan fingerprint density at radius 1 is 0.600 bits per heavy atom. The van der Waals surface area contributed by atoms with Crippen LogP contribution in [0.4, 0.5) is 11.4 Å². The smallest absolute Gasteiger partial charge is 0.214 e. The van der Waals surface area contributed by atoms with Crippen LogP contribution in [0.2, 0.25) is 0 Å². The molecule has 0 unspecified atom stereocenters. The summed E-state index contributed by atoms with van der Waals surface area (Å²) in [6.07, 6.45) is 0. The Balaban J connectivity index is 0.000000325. The number of hydrogen-bond donors (Lipinski definition) is 0. The van der Waals surface area contributed by atoms with Gasteiger partial charge in [-0.2, -0.15) is 52.2 Å². The third-order valence-corrected chi connectivity index (χ3v) is 3.43. The quantitative estimate of drug-likeness (QED) is 0.214. The van der Waals surface area contributed by atoms with Crippen molar-refractivity contribution in [3.63, 3.8) is 0 Å². The summed E-state index contributed by atoms with van der Waals surface area (Å²) in [7, 11) is 0. The molecular formula is C22H18FeN2. The minimum absolute atomic E-state index is 0. The summed E-state index contributed by atoms with van der Waals surface area (Å²) in [6, 6.07) is 36.1. The van der Waals surface area contributed by atoms with Gasteiger partial charge < -0.3 is 0 Å². The molecule has 4 rings (SSSR count). The second-order valence-electron chi connectivity index (χ2n) is 5.22. The van der Waals surface area contributed by atoms with Gasteiger partial charge in [0.1, 0.15) is 0 Å². The molecule has 0 fully saturated rings. The van der Waals surface area contributed by atoms with Crippen molar-refractivity contribution in [2.75, 3.05) is 0 Å². The average Bonchev–Trinajstić information content (AvgIpc) is 3.37. The summed E-state index contributed by atoms with van der Waals surface area (Å²) in [4.78, 5) is 0. The largest absolute Gasteiger partial charge is 2.00 e. The summed E-state index contributed by atoms with van der Waals surface area (Å²) in [5.41, 5.74) is 4.09. The number of nitrogens with zero attached hydrogens (tertiary/aromatic N) is 2. The molecule has 2 nitrogen and oxygen atoms in total. The average molecular weight is 366 g/mol. The minimum Gasteiger partial charge on any atom is -0.214 e. The molecule has 0 radical (unpaired) electrons. The molecule has 0 aliphatic carbocycles. The van der Waals surface area contributed by atoms with Gasteiger partial charge in [0.15, 0.2) is 0 Å². The van der Waals surface area contributed by atoms with Gasteiger partial charge >= 0.3 is 17.1 Å². The second-order valence-corrected chi connectivity index (χ2v) is 5.22. The molecule has 0 aliphatic rings. The van der Waals surface area contributed by atoms with E-state index in [2.05, 4.69) is 28.4 Å². The molecule has 4 aromatic rings. The van der Waals surface area contributed by atoms with Crippen LogP contribution >= 0.6 is 0 Å². The molecule has 4 aromatic carbocycles. The molecule has 3 heteroatoms. The van der Waals surface area contributed by atoms with Gasteiger partial charge in [-0.15, -0.1) is 6.07 Å². The van der Waals surface area contributed by atoms with Gasteiger partial charge in [-0.3, -0.25) is 0 Å². The Kier molecular flexibility index (Phi) is 7.58. The van der Waals surface area contributed by atoms with Crippen LogP contribution in [0.25, 0.3) is 11.1 Å². The molecule has 0 saturated heterocycles. The van der Waals surface area contributed by atoms with Crippen LogP contribution in [0, 0.1) is 0 Å². The monoisotopic (exact) mass is 366 g/mol. The van der Waals surface area contributed by atoms with Gasteiger partial charge in [0.05, 0.1) is 11.4 Å². The zero-order valence-electron chi connectivity index (χ0n) is 13.6. The first kappa shape index (κ1) is 18.6. The predicted octanol–water partition coefficient (Wildman–Crippen LogP) is 6.89. The summed E-state index contributed by atoms with van der Waals surface area (Å²) in [6.45, 7) is 0. The first-order chi connectivity index (χ1) is 11.9. The fraction of sp³-hybridized carbons (Fsp3) is 0. The van der Waals surface area contributed by atoms with Gasteiger partial charge in [0.25, 0.3) is 0 Å². The Hall–Kier alpha value is -2.74. The molecule has 0 aliphatic heterocycles. The zero-order valence-corrected chi connectivity index (χ0v) is 14.7. The van der Waals surface area contributed by atoms with Crippen molar-refractivity contribution in [1.82, 2.24) is 0 Å². The molecule has 0 atom stereocenters. The summed E-state index contributed by atoms with van der Waals surface area (Å²) < 4.78 is 0. The van der Waals surface area contributed by atoms with Crippen LogP contribution in [0.15, 0.2) is 119 Å². The van der Waals surface area contributed by atoms with Crippen molar-refractivity contribution in [3.8, 4) is 11.1 Å². The van der Waals surface area contributed by atoms with E-state index >= 15 is 0 Å². The Labute approximate surface area is 159 Å². The van der Waals surface area contributed by atoms with Gasteiger partial charge in [-0.25, -0.2) is 12.1 Å². The molecule has 0 aromatic heterocycles. The van der Waals surface area contributed by atoms with E-state index in [0.717, 1.165) is 16.9 Å². The molecule has 0 bridgehead atoms. The van der Waals surface area contributed by atoms with Gasteiger partial charge in [-0.1, -0.05) is 42.0 Å². The van der Waals surface area contributed by atoms with E-state index in [1.165, 1.54) is 5.56 Å². The summed E-state index contributed by atoms with van der Waals surface area (Å²) in [5.74, 6) is 0. The SMILES string of the molecule is [Fe+2].c1cc[cH-]c1.c1ccc(N=Nc2cccc(-c3ccc[cH-]3)c2)cc1. The minimum atomic E-state index is 0. The maximum absolute atomic E-state index is 4.27. The molecule has 124 valence electrons. The summed E-state index contributed by atoms with van der Waals surface area (Å²) >= 11 is 0. The molecule has 25 heavy (non-hydrogen) atoms. The Morgan fingerprint density at radius 3 is 1.96 bits per heavy atom. The van der Waals surface area contributed by atoms with E-state index in [1.54, 1.807) is 0 Å². The third kappa shape index (κ3) is 6.00. The molecule has 0 heterocycles. The van der Waals surface area contributed by atoms with E-state index in [4.69, 9.17) is 0 Å². The standard InChI is InChI=1S/C17H13N2.C5H5.Fe/c1-2-10-16(11-3-1)18-19-17-12-6-9-15(13-17)14-7-4-5-8-14;1-2-4-5-3-1;/h1-13H;1-5H;/q2*-1;+2. The Bertz CT molecular complexity index is 831. The number of azo groups is 1. The van der Waals surface area contributed by atoms with Crippen LogP contribution in [-0.2, 0) is 17.1 Å². The topological polar surface area (TPSA) is 24.7 Å². The Morgan fingerprint density at radius 2 is 1.32 bits per heavy atom. The van der Waals surface area contributed by atoms with Crippen molar-refractivity contribution in [3.05, 3.63) is 109 Å². The van der Waals surface area contributed by atoms with E-state index in [1.807, 2.05) is 91.0 Å². The van der Waals surface area contributed by atoms with Crippen molar-refractivity contribution >= 4 is 11.4 Å². The van der Waals surface area contributed by atoms with E-state index < -0.39 is 0 Å². The second kappa shape index (κ2) is 10.2. The van der Waals surface area contributed by atoms with Crippen molar-refractivity contribution in [2.24, 2.45) is 10.2 Å². The molecular weight excluding hydrogens is 348 g/mol. The molecule has 0 saturated carbocycles. The summed E-state index contributed by atoms with van der Waals surface area (Å²) in [5, 5.41) is 8.50. The van der Waals surface area contributed by atoms with Gasteiger partial charge in [0, 0.05) is 0 Å². The van der Waals surface area contributed by atoms with Crippen LogP contribution in [-0.4, -0.2) is 0 Å². The molecule has 0 N–H and O–H groups in total. The van der Waals surface area contributed by atoms with Gasteiger partial charge in [0.2, 0.25) is 0 Å².